The lowest BCUT2D eigenvalue weighted by molar-refractivity contribution is 0.446. The lowest BCUT2D eigenvalue weighted by atomic mass is 9.79. The summed E-state index contributed by atoms with van der Waals surface area (Å²) in [5.74, 6) is 0.937. The van der Waals surface area contributed by atoms with Gasteiger partial charge in [0.05, 0.1) is 28.0 Å². The van der Waals surface area contributed by atoms with Crippen molar-refractivity contribution in [2.75, 3.05) is 0 Å². The molecule has 4 nitrogen and oxygen atoms in total. The largest absolute Gasteiger partial charge is 0.507 e. The third-order valence-electron chi connectivity index (χ3n) is 13.7. The van der Waals surface area contributed by atoms with Crippen molar-refractivity contribution < 1.29 is 5.11 Å². The third kappa shape index (κ3) is 9.30. The highest BCUT2D eigenvalue weighted by Crippen LogP contribution is 2.47. The van der Waals surface area contributed by atoms with Crippen molar-refractivity contribution in [3.8, 4) is 78.6 Å². The first-order chi connectivity index (χ1) is 32.6. The predicted octanol–water partition coefficient (Wildman–Crippen LogP) is 17.6. The molecule has 2 aromatic heterocycles. The van der Waals surface area contributed by atoms with E-state index in [1.165, 1.54) is 16.7 Å². The number of imidazole rings is 1. The lowest BCUT2D eigenvalue weighted by Crippen LogP contribution is -2.17. The Morgan fingerprint density at radius 3 is 1.62 bits per heavy atom. The maximum absolute atomic E-state index is 12.7. The number of aromatic nitrogens is 3. The molecule has 2 heterocycles. The highest BCUT2D eigenvalue weighted by molar-refractivity contribution is 5.98. The van der Waals surface area contributed by atoms with E-state index in [1.54, 1.807) is 0 Å². The molecule has 0 unspecified atom stereocenters. The second kappa shape index (κ2) is 17.5. The predicted molar refractivity (Wildman–Crippen MR) is 293 cm³/mol. The fraction of sp³-hybridized carbons (Fsp3) is 0.262. The van der Waals surface area contributed by atoms with Gasteiger partial charge in [-0.3, -0.25) is 9.55 Å². The number of fused-ring (bicyclic) bond motifs is 1. The van der Waals surface area contributed by atoms with Gasteiger partial charge in [0.1, 0.15) is 11.6 Å². The summed E-state index contributed by atoms with van der Waals surface area (Å²) >= 11 is 0. The number of hydrogen-bond acceptors (Lipinski definition) is 3. The molecule has 0 saturated carbocycles. The summed E-state index contributed by atoms with van der Waals surface area (Å²) in [5, 5.41) is 12.7. The van der Waals surface area contributed by atoms with Crippen LogP contribution in [0.5, 0.6) is 5.75 Å². The Morgan fingerprint density at radius 2 is 1.01 bits per heavy atom. The van der Waals surface area contributed by atoms with Crippen LogP contribution in [0.3, 0.4) is 0 Å². The molecular weight excluding hydrogens is 839 g/mol. The van der Waals surface area contributed by atoms with Crippen molar-refractivity contribution in [2.45, 2.75) is 112 Å². The average molecular weight is 906 g/mol. The van der Waals surface area contributed by atoms with E-state index >= 15 is 0 Å². The molecule has 0 radical (unpaired) electrons. The van der Waals surface area contributed by atoms with E-state index in [1.807, 2.05) is 6.20 Å². The van der Waals surface area contributed by atoms with E-state index in [9.17, 15) is 5.11 Å². The van der Waals surface area contributed by atoms with Crippen LogP contribution in [0.25, 0.3) is 83.9 Å². The minimum atomic E-state index is -0.341. The van der Waals surface area contributed by atoms with Gasteiger partial charge in [-0.05, 0) is 133 Å². The number of benzene rings is 7. The maximum atomic E-state index is 12.7. The first-order valence-electron chi connectivity index (χ1n) is 24.5. The Bertz CT molecular complexity index is 3350. The van der Waals surface area contributed by atoms with Crippen LogP contribution in [0.1, 0.15) is 111 Å². The zero-order valence-corrected chi connectivity index (χ0v) is 42.9. The lowest BCUT2D eigenvalue weighted by Gasteiger charge is -2.28. The van der Waals surface area contributed by atoms with Crippen LogP contribution < -0.4 is 0 Å². The van der Waals surface area contributed by atoms with Crippen molar-refractivity contribution in [2.24, 2.45) is 0 Å². The van der Waals surface area contributed by atoms with E-state index in [-0.39, 0.29) is 27.4 Å². The Hall–Kier alpha value is -7.04. The summed E-state index contributed by atoms with van der Waals surface area (Å²) in [6.07, 6.45) is 1.93. The van der Waals surface area contributed by atoms with Gasteiger partial charge in [-0.25, -0.2) is 4.98 Å². The minimum Gasteiger partial charge on any atom is -0.507 e. The van der Waals surface area contributed by atoms with Gasteiger partial charge in [0.2, 0.25) is 0 Å². The van der Waals surface area contributed by atoms with E-state index < -0.39 is 0 Å². The van der Waals surface area contributed by atoms with Crippen molar-refractivity contribution in [1.29, 1.82) is 0 Å². The highest BCUT2D eigenvalue weighted by Gasteiger charge is 2.30. The van der Waals surface area contributed by atoms with Crippen LogP contribution >= 0.6 is 0 Å². The maximum Gasteiger partial charge on any atom is 0.149 e. The number of para-hydroxylation sites is 1. The number of nitrogens with zero attached hydrogens (tertiary/aromatic N) is 3. The van der Waals surface area contributed by atoms with Crippen LogP contribution in [0.4, 0.5) is 0 Å². The molecule has 7 aromatic carbocycles. The van der Waals surface area contributed by atoms with E-state index in [0.717, 1.165) is 83.6 Å². The number of phenolic OH excluding ortho intramolecular Hbond substituents is 1. The summed E-state index contributed by atoms with van der Waals surface area (Å²) in [4.78, 5) is 10.8. The van der Waals surface area contributed by atoms with Gasteiger partial charge in [0.25, 0.3) is 0 Å². The van der Waals surface area contributed by atoms with Gasteiger partial charge in [-0.15, -0.1) is 0 Å². The van der Waals surface area contributed by atoms with E-state index in [2.05, 4.69) is 252 Å². The number of hydrogen-bond donors (Lipinski definition) is 1. The zero-order valence-electron chi connectivity index (χ0n) is 42.9. The van der Waals surface area contributed by atoms with Crippen molar-refractivity contribution in [3.05, 3.63) is 192 Å². The summed E-state index contributed by atoms with van der Waals surface area (Å²) < 4.78 is 2.31. The molecule has 0 bridgehead atoms. The Balaban J connectivity index is 1.35. The van der Waals surface area contributed by atoms with E-state index in [4.69, 9.17) is 9.97 Å². The Labute approximate surface area is 410 Å². The standard InChI is InChI=1S/C65H67N3O/c1-41-33-53(44-23-18-15-19-24-44)58(40-52(41)43-21-16-14-17-22-43)68-57-26-20-25-51(59(57)67-61(68)54-38-50(64(8,9)10)39-55(60(54)69)65(11,12)13)46-34-47(36-49(35-46)63(5,6)7)56-37-45(31-32-66-56)42-27-29-48(30-28-42)62(2,3)4/h14-40,69H,1-13H3. The topological polar surface area (TPSA) is 50.9 Å². The highest BCUT2D eigenvalue weighted by atomic mass is 16.3. The van der Waals surface area contributed by atoms with Gasteiger partial charge in [0, 0.05) is 28.5 Å². The van der Waals surface area contributed by atoms with Crippen molar-refractivity contribution >= 4 is 11.0 Å². The van der Waals surface area contributed by atoms with Crippen molar-refractivity contribution in [3.63, 3.8) is 0 Å². The Kier molecular flexibility index (Phi) is 11.9. The van der Waals surface area contributed by atoms with Crippen LogP contribution in [0.2, 0.25) is 0 Å². The summed E-state index contributed by atoms with van der Waals surface area (Å²) in [5.41, 5.74) is 19.4. The SMILES string of the molecule is Cc1cc(-c2ccccc2)c(-n2c(-c3cc(C(C)(C)C)cc(C(C)(C)C)c3O)nc3c(-c4cc(-c5cc(-c6ccc(C(C)(C)C)cc6)ccn5)cc(C(C)(C)C)c4)cccc32)cc1-c1ccccc1. The number of aromatic hydroxyl groups is 1. The molecule has 4 heteroatoms. The number of aryl methyl sites for hydroxylation is 1. The quantitative estimate of drug-likeness (QED) is 0.173. The summed E-state index contributed by atoms with van der Waals surface area (Å²) in [6, 6.07) is 57.0. The van der Waals surface area contributed by atoms with Crippen molar-refractivity contribution in [1.82, 2.24) is 14.5 Å². The first kappa shape index (κ1) is 47.0. The molecular formula is C65H67N3O. The smallest absolute Gasteiger partial charge is 0.149 e. The monoisotopic (exact) mass is 906 g/mol. The van der Waals surface area contributed by atoms with Crippen LogP contribution in [0, 0.1) is 6.92 Å². The second-order valence-electron chi connectivity index (χ2n) is 23.1. The van der Waals surface area contributed by atoms with Gasteiger partial charge < -0.3 is 5.11 Å². The number of phenols is 1. The molecule has 0 amide bonds. The summed E-state index contributed by atoms with van der Waals surface area (Å²) in [7, 11) is 0. The minimum absolute atomic E-state index is 0.0762. The molecule has 1 N–H and O–H groups in total. The average Bonchev–Trinajstić information content (AvgIpc) is 3.70. The normalized spacial score (nSPS) is 12.5. The van der Waals surface area contributed by atoms with Crippen LogP contribution in [0.15, 0.2) is 164 Å². The third-order valence-corrected chi connectivity index (χ3v) is 13.7. The molecule has 9 aromatic rings. The molecule has 0 fully saturated rings. The number of pyridine rings is 1. The fourth-order valence-corrected chi connectivity index (χ4v) is 9.52. The molecule has 9 rings (SSSR count). The fourth-order valence-electron chi connectivity index (χ4n) is 9.52. The van der Waals surface area contributed by atoms with Gasteiger partial charge >= 0.3 is 0 Å². The van der Waals surface area contributed by atoms with Gasteiger partial charge in [-0.1, -0.05) is 192 Å². The zero-order chi connectivity index (χ0) is 49.2. The molecule has 0 aliphatic heterocycles. The molecule has 348 valence electrons. The first-order valence-corrected chi connectivity index (χ1v) is 24.5. The summed E-state index contributed by atoms with van der Waals surface area (Å²) in [6.45, 7) is 29.0. The molecule has 0 atom stereocenters. The molecule has 0 aliphatic carbocycles. The van der Waals surface area contributed by atoms with Crippen LogP contribution in [-0.4, -0.2) is 19.6 Å². The van der Waals surface area contributed by atoms with E-state index in [0.29, 0.717) is 11.4 Å². The number of rotatable bonds is 7. The molecule has 0 aliphatic rings. The molecule has 69 heavy (non-hydrogen) atoms. The Morgan fingerprint density at radius 1 is 0.420 bits per heavy atom. The molecule has 0 saturated heterocycles. The van der Waals surface area contributed by atoms with Crippen LogP contribution in [-0.2, 0) is 21.7 Å². The van der Waals surface area contributed by atoms with Gasteiger partial charge in [-0.2, -0.15) is 0 Å². The molecule has 0 spiro atoms. The second-order valence-corrected chi connectivity index (χ2v) is 23.1. The van der Waals surface area contributed by atoms with Gasteiger partial charge in [0.15, 0.2) is 0 Å².